The summed E-state index contributed by atoms with van der Waals surface area (Å²) in [4.78, 5) is 16.5. The van der Waals surface area contributed by atoms with E-state index in [-0.39, 0.29) is 11.6 Å². The number of hydrazone groups is 1. The Kier molecular flexibility index (Phi) is 6.13. The number of hydrogen-bond acceptors (Lipinski definition) is 3. The number of hydrogen-bond donors (Lipinski definition) is 2. The van der Waals surface area contributed by atoms with Crippen molar-refractivity contribution >= 4 is 57.1 Å². The molecule has 3 aromatic carbocycles. The third-order valence-corrected chi connectivity index (χ3v) is 6.83. The number of nitrogens with zero attached hydrogens (tertiary/aromatic N) is 2. The summed E-state index contributed by atoms with van der Waals surface area (Å²) < 4.78 is 0. The Morgan fingerprint density at radius 3 is 2.32 bits per heavy atom. The van der Waals surface area contributed by atoms with Gasteiger partial charge in [-0.05, 0) is 53.7 Å². The van der Waals surface area contributed by atoms with Gasteiger partial charge in [0, 0.05) is 40.0 Å². The van der Waals surface area contributed by atoms with E-state index in [9.17, 15) is 4.79 Å². The van der Waals surface area contributed by atoms with Crippen molar-refractivity contribution in [1.82, 2.24) is 15.3 Å². The lowest BCUT2D eigenvalue weighted by molar-refractivity contribution is 0.367. The minimum atomic E-state index is -0.200. The minimum Gasteiger partial charge on any atom is -0.364 e. The highest BCUT2D eigenvalue weighted by Crippen LogP contribution is 2.37. The summed E-state index contributed by atoms with van der Waals surface area (Å²) in [5, 5.41) is 12.3. The second-order valence-electron chi connectivity index (χ2n) is 7.97. The predicted octanol–water partition coefficient (Wildman–Crippen LogP) is 6.16. The molecule has 0 unspecified atom stereocenters. The Morgan fingerprint density at radius 2 is 1.65 bits per heavy atom. The molecule has 0 aliphatic carbocycles. The molecule has 0 bridgehead atoms. The molecule has 0 amide bonds. The zero-order valence-corrected chi connectivity index (χ0v) is 20.5. The molecule has 5 rings (SSSR count). The molecule has 0 radical (unpaired) electrons. The van der Waals surface area contributed by atoms with E-state index in [0.29, 0.717) is 32.9 Å². The molecule has 1 atom stereocenters. The van der Waals surface area contributed by atoms with Crippen molar-refractivity contribution in [2.45, 2.75) is 12.5 Å². The van der Waals surface area contributed by atoms with Crippen LogP contribution >= 0.6 is 35.4 Å². The summed E-state index contributed by atoms with van der Waals surface area (Å²) in [6, 6.07) is 22.7. The van der Waals surface area contributed by atoms with Crippen molar-refractivity contribution in [2.24, 2.45) is 5.10 Å². The van der Waals surface area contributed by atoms with Gasteiger partial charge >= 0.3 is 0 Å². The largest absolute Gasteiger partial charge is 0.364 e. The monoisotopic (exact) mass is 506 g/mol. The van der Waals surface area contributed by atoms with Crippen molar-refractivity contribution in [3.63, 3.8) is 0 Å². The Morgan fingerprint density at radius 1 is 1.00 bits per heavy atom. The Hall–Kier alpha value is -3.19. The summed E-state index contributed by atoms with van der Waals surface area (Å²) in [5.74, 6) is 0. The fraction of sp³-hybridized carbons (Fsp3) is 0.115. The number of fused-ring (bicyclic) bond motifs is 1. The molecule has 1 aromatic heterocycles. The van der Waals surface area contributed by atoms with Crippen LogP contribution in [0.25, 0.3) is 22.0 Å². The number of halogens is 2. The first-order chi connectivity index (χ1) is 16.5. The average molecular weight is 507 g/mol. The first kappa shape index (κ1) is 22.6. The third kappa shape index (κ3) is 4.09. The number of pyridine rings is 1. The fourth-order valence-corrected chi connectivity index (χ4v) is 4.76. The maximum Gasteiger partial charge on any atom is 0.258 e. The van der Waals surface area contributed by atoms with E-state index in [1.165, 1.54) is 0 Å². The molecular formula is C26H20Cl2N4OS. The maximum atomic E-state index is 13.5. The van der Waals surface area contributed by atoms with Crippen LogP contribution in [-0.2, 0) is 0 Å². The van der Waals surface area contributed by atoms with Crippen molar-refractivity contribution < 1.29 is 0 Å². The second-order valence-corrected chi connectivity index (χ2v) is 9.23. The van der Waals surface area contributed by atoms with E-state index >= 15 is 0 Å². The van der Waals surface area contributed by atoms with Crippen LogP contribution in [0.2, 0.25) is 10.0 Å². The van der Waals surface area contributed by atoms with E-state index in [4.69, 9.17) is 40.5 Å². The average Bonchev–Trinajstić information content (AvgIpc) is 3.28. The second kappa shape index (κ2) is 9.22. The van der Waals surface area contributed by atoms with Gasteiger partial charge in [-0.3, -0.25) is 4.79 Å². The van der Waals surface area contributed by atoms with Gasteiger partial charge in [-0.15, -0.1) is 0 Å². The van der Waals surface area contributed by atoms with Gasteiger partial charge < -0.3 is 10.3 Å². The van der Waals surface area contributed by atoms with Gasteiger partial charge in [0.15, 0.2) is 5.11 Å². The standard InChI is InChI=1S/C26H20Cl2N4OS/c1-29-26(34)32-22(15-6-10-17(27)11-7-15)14-21(31-32)24-23(16-8-12-18(28)13-9-16)19-4-2-3-5-20(19)30-25(24)33/h2-13,22H,14H2,1H3,(H,29,34)(H,30,33)/t22-/m1/s1. The van der Waals surface area contributed by atoms with Gasteiger partial charge in [0.1, 0.15) is 0 Å². The van der Waals surface area contributed by atoms with Crippen molar-refractivity contribution in [2.75, 3.05) is 7.05 Å². The molecule has 2 heterocycles. The Balaban J connectivity index is 1.72. The molecule has 170 valence electrons. The number of thiocarbonyl (C=S) groups is 1. The van der Waals surface area contributed by atoms with E-state index in [0.717, 1.165) is 27.6 Å². The third-order valence-electron chi connectivity index (χ3n) is 5.93. The van der Waals surface area contributed by atoms with Gasteiger partial charge in [0.2, 0.25) is 0 Å². The number of aromatic amines is 1. The fourth-order valence-electron chi connectivity index (χ4n) is 4.34. The lowest BCUT2D eigenvalue weighted by Gasteiger charge is -2.23. The van der Waals surface area contributed by atoms with Gasteiger partial charge in [0.25, 0.3) is 5.56 Å². The summed E-state index contributed by atoms with van der Waals surface area (Å²) in [5.41, 5.74) is 4.47. The summed E-state index contributed by atoms with van der Waals surface area (Å²) in [6.07, 6.45) is 0.505. The van der Waals surface area contributed by atoms with Crippen LogP contribution in [-0.4, -0.2) is 27.9 Å². The zero-order chi connectivity index (χ0) is 23.8. The van der Waals surface area contributed by atoms with Crippen LogP contribution in [0.4, 0.5) is 0 Å². The van der Waals surface area contributed by atoms with E-state index < -0.39 is 0 Å². The van der Waals surface area contributed by atoms with Crippen molar-refractivity contribution in [3.8, 4) is 11.1 Å². The number of aromatic nitrogens is 1. The van der Waals surface area contributed by atoms with Gasteiger partial charge in [0.05, 0.1) is 17.3 Å². The van der Waals surface area contributed by atoms with Crippen LogP contribution in [0.5, 0.6) is 0 Å². The Labute approximate surface area is 212 Å². The highest BCUT2D eigenvalue weighted by atomic mass is 35.5. The zero-order valence-electron chi connectivity index (χ0n) is 18.2. The summed E-state index contributed by atoms with van der Waals surface area (Å²) >= 11 is 17.8. The van der Waals surface area contributed by atoms with Gasteiger partial charge in [-0.2, -0.15) is 5.10 Å². The molecular weight excluding hydrogens is 487 g/mol. The molecule has 2 N–H and O–H groups in total. The number of rotatable bonds is 3. The lowest BCUT2D eigenvalue weighted by Crippen LogP contribution is -2.34. The molecule has 34 heavy (non-hydrogen) atoms. The number of benzene rings is 3. The molecule has 0 spiro atoms. The van der Waals surface area contributed by atoms with Crippen molar-refractivity contribution in [3.05, 3.63) is 104 Å². The van der Waals surface area contributed by atoms with Gasteiger partial charge in [-0.1, -0.05) is 65.7 Å². The SMILES string of the molecule is CNC(=S)N1N=C(c2c(-c3ccc(Cl)cc3)c3ccccc3[nH]c2=O)C[C@@H]1c1ccc(Cl)cc1. The van der Waals surface area contributed by atoms with Crippen molar-refractivity contribution in [1.29, 1.82) is 0 Å². The molecule has 1 aliphatic rings. The normalized spacial score (nSPS) is 15.4. The van der Waals surface area contributed by atoms with E-state index in [2.05, 4.69) is 10.3 Å². The first-order valence-electron chi connectivity index (χ1n) is 10.7. The maximum absolute atomic E-state index is 13.5. The highest BCUT2D eigenvalue weighted by Gasteiger charge is 2.33. The first-order valence-corrected chi connectivity index (χ1v) is 11.9. The molecule has 4 aromatic rings. The van der Waals surface area contributed by atoms with Gasteiger partial charge in [-0.25, -0.2) is 5.01 Å². The number of H-pyrrole nitrogens is 1. The smallest absolute Gasteiger partial charge is 0.258 e. The molecule has 8 heteroatoms. The summed E-state index contributed by atoms with van der Waals surface area (Å²) in [6.45, 7) is 0. The summed E-state index contributed by atoms with van der Waals surface area (Å²) in [7, 11) is 1.76. The minimum absolute atomic E-state index is 0.170. The van der Waals surface area contributed by atoms with Crippen LogP contribution < -0.4 is 10.9 Å². The lowest BCUT2D eigenvalue weighted by atomic mass is 9.91. The highest BCUT2D eigenvalue weighted by molar-refractivity contribution is 7.80. The number of para-hydroxylation sites is 1. The van der Waals surface area contributed by atoms with Crippen LogP contribution in [0.1, 0.15) is 23.6 Å². The molecule has 0 saturated heterocycles. The molecule has 5 nitrogen and oxygen atoms in total. The topological polar surface area (TPSA) is 60.5 Å². The van der Waals surface area contributed by atoms with E-state index in [1.807, 2.05) is 72.8 Å². The number of nitrogens with one attached hydrogen (secondary N) is 2. The van der Waals surface area contributed by atoms with Crippen LogP contribution in [0, 0.1) is 0 Å². The molecule has 1 aliphatic heterocycles. The van der Waals surface area contributed by atoms with Crippen LogP contribution in [0.15, 0.2) is 82.7 Å². The predicted molar refractivity (Wildman–Crippen MR) is 144 cm³/mol. The van der Waals surface area contributed by atoms with E-state index in [1.54, 1.807) is 12.1 Å². The molecule has 0 fully saturated rings. The molecule has 0 saturated carbocycles. The quantitative estimate of drug-likeness (QED) is 0.326. The van der Waals surface area contributed by atoms with Crippen LogP contribution in [0.3, 0.4) is 0 Å². The Bertz CT molecular complexity index is 1480.